The van der Waals surface area contributed by atoms with E-state index in [4.69, 9.17) is 24.7 Å². The van der Waals surface area contributed by atoms with Crippen molar-refractivity contribution in [3.63, 3.8) is 0 Å². The fraction of sp³-hybridized carbons (Fsp3) is 0.500. The van der Waals surface area contributed by atoms with Crippen LogP contribution in [0.1, 0.15) is 52.0 Å². The van der Waals surface area contributed by atoms with Crippen LogP contribution < -0.4 is 5.73 Å². The normalized spacial score (nSPS) is 20.5. The fourth-order valence-corrected chi connectivity index (χ4v) is 4.39. The minimum absolute atomic E-state index is 0.00416. The van der Waals surface area contributed by atoms with Gasteiger partial charge in [-0.3, -0.25) is 0 Å². The van der Waals surface area contributed by atoms with E-state index in [9.17, 15) is 9.90 Å². The lowest BCUT2D eigenvalue weighted by Crippen LogP contribution is -2.35. The molecule has 7 nitrogen and oxygen atoms in total. The van der Waals surface area contributed by atoms with Crippen molar-refractivity contribution in [2.75, 3.05) is 19.8 Å². The number of hydrogen-bond acceptors (Lipinski definition) is 6. The van der Waals surface area contributed by atoms with Crippen molar-refractivity contribution in [1.29, 1.82) is 0 Å². The van der Waals surface area contributed by atoms with Gasteiger partial charge in [0.05, 0.1) is 37.7 Å². The molecule has 3 rings (SSSR count). The van der Waals surface area contributed by atoms with Crippen LogP contribution in [0.15, 0.2) is 66.1 Å². The van der Waals surface area contributed by atoms with Gasteiger partial charge in [-0.1, -0.05) is 55.5 Å². The highest BCUT2D eigenvalue weighted by molar-refractivity contribution is 5.82. The number of ether oxygens (including phenoxy) is 4. The number of rotatable bonds is 14. The first-order valence-electron chi connectivity index (χ1n) is 13.1. The van der Waals surface area contributed by atoms with Gasteiger partial charge in [0, 0.05) is 0 Å². The van der Waals surface area contributed by atoms with Gasteiger partial charge in [0.1, 0.15) is 12.4 Å². The molecule has 202 valence electrons. The molecule has 0 radical (unpaired) electrons. The van der Waals surface area contributed by atoms with E-state index in [0.717, 1.165) is 24.8 Å². The molecule has 0 amide bonds. The molecule has 1 fully saturated rings. The molecule has 0 bridgehead atoms. The van der Waals surface area contributed by atoms with Gasteiger partial charge in [0.25, 0.3) is 0 Å². The van der Waals surface area contributed by atoms with E-state index in [1.165, 1.54) is 10.8 Å². The van der Waals surface area contributed by atoms with Gasteiger partial charge in [-0.05, 0) is 67.9 Å². The number of carboxylic acid groups (broad SMARTS) is 1. The van der Waals surface area contributed by atoms with Crippen molar-refractivity contribution in [1.82, 2.24) is 0 Å². The van der Waals surface area contributed by atoms with E-state index < -0.39 is 12.1 Å². The molecule has 4 unspecified atom stereocenters. The predicted octanol–water partition coefficient (Wildman–Crippen LogP) is 5.57. The van der Waals surface area contributed by atoms with Crippen molar-refractivity contribution < 1.29 is 28.8 Å². The zero-order valence-electron chi connectivity index (χ0n) is 22.2. The van der Waals surface area contributed by atoms with E-state index in [1.54, 1.807) is 0 Å². The first-order valence-corrected chi connectivity index (χ1v) is 13.1. The topological polar surface area (TPSA) is 100 Å². The molecule has 0 saturated heterocycles. The number of allylic oxidation sites excluding steroid dienone is 2. The number of hydrogen-bond donors (Lipinski definition) is 2. The van der Waals surface area contributed by atoms with Gasteiger partial charge in [0.15, 0.2) is 6.10 Å². The number of carbonyl (C=O) groups is 1. The Morgan fingerprint density at radius 1 is 1.11 bits per heavy atom. The van der Waals surface area contributed by atoms with E-state index in [0.29, 0.717) is 31.1 Å². The molecule has 7 heteroatoms. The average Bonchev–Trinajstić information content (AvgIpc) is 2.90. The molecule has 1 aliphatic carbocycles. The van der Waals surface area contributed by atoms with Crippen molar-refractivity contribution in [3.8, 4) is 0 Å². The third-order valence-corrected chi connectivity index (χ3v) is 6.61. The Bertz CT molecular complexity index is 1060. The second-order valence-corrected chi connectivity index (χ2v) is 9.77. The van der Waals surface area contributed by atoms with Crippen molar-refractivity contribution in [2.24, 2.45) is 11.7 Å². The van der Waals surface area contributed by atoms with E-state index in [2.05, 4.69) is 30.3 Å². The zero-order chi connectivity index (χ0) is 26.6. The highest BCUT2D eigenvalue weighted by atomic mass is 16.6. The van der Waals surface area contributed by atoms with Gasteiger partial charge >= 0.3 is 5.97 Å². The van der Waals surface area contributed by atoms with Crippen LogP contribution in [0.3, 0.4) is 0 Å². The summed E-state index contributed by atoms with van der Waals surface area (Å²) in [6.45, 7) is 6.87. The Hall–Kier alpha value is -2.87. The summed E-state index contributed by atoms with van der Waals surface area (Å²) in [5.74, 6) is -0.198. The second-order valence-electron chi connectivity index (χ2n) is 9.77. The summed E-state index contributed by atoms with van der Waals surface area (Å²) in [5.41, 5.74) is 7.90. The van der Waals surface area contributed by atoms with Crippen LogP contribution in [0, 0.1) is 5.92 Å². The molecule has 0 aromatic heterocycles. The molecule has 37 heavy (non-hydrogen) atoms. The minimum atomic E-state index is -1.01. The van der Waals surface area contributed by atoms with Crippen molar-refractivity contribution in [2.45, 2.75) is 71.4 Å². The Kier molecular flexibility index (Phi) is 11.5. The van der Waals surface area contributed by atoms with Crippen LogP contribution in [-0.2, 0) is 30.3 Å². The summed E-state index contributed by atoms with van der Waals surface area (Å²) in [7, 11) is 0. The van der Waals surface area contributed by atoms with Crippen LogP contribution in [0.25, 0.3) is 10.8 Å². The van der Waals surface area contributed by atoms with Gasteiger partial charge < -0.3 is 29.8 Å². The molecule has 1 saturated carbocycles. The monoisotopic (exact) mass is 511 g/mol. The Balaban J connectivity index is 1.42. The predicted molar refractivity (Wildman–Crippen MR) is 145 cm³/mol. The van der Waals surface area contributed by atoms with Crippen LogP contribution in [0.4, 0.5) is 0 Å². The number of aliphatic carboxylic acids is 1. The van der Waals surface area contributed by atoms with Gasteiger partial charge in [-0.15, -0.1) is 0 Å². The lowest BCUT2D eigenvalue weighted by atomic mass is 9.95. The third-order valence-electron chi connectivity index (χ3n) is 6.61. The quantitative estimate of drug-likeness (QED) is 0.252. The summed E-state index contributed by atoms with van der Waals surface area (Å²) in [5, 5.41) is 11.9. The first kappa shape index (κ1) is 28.7. The van der Waals surface area contributed by atoms with Crippen molar-refractivity contribution >= 4 is 16.7 Å². The van der Waals surface area contributed by atoms with Gasteiger partial charge in [-0.25, -0.2) is 4.79 Å². The summed E-state index contributed by atoms with van der Waals surface area (Å²) in [4.78, 5) is 11.6. The summed E-state index contributed by atoms with van der Waals surface area (Å²) in [6.07, 6.45) is 6.33. The first-order chi connectivity index (χ1) is 17.9. The molecule has 3 N–H and O–H groups in total. The van der Waals surface area contributed by atoms with Crippen LogP contribution in [0.5, 0.6) is 0 Å². The Morgan fingerprint density at radius 3 is 2.57 bits per heavy atom. The number of benzene rings is 2. The molecule has 4 atom stereocenters. The van der Waals surface area contributed by atoms with Crippen LogP contribution >= 0.6 is 0 Å². The fourth-order valence-electron chi connectivity index (χ4n) is 4.39. The molecule has 2 aromatic carbocycles. The zero-order valence-corrected chi connectivity index (χ0v) is 22.2. The summed E-state index contributed by atoms with van der Waals surface area (Å²) in [6, 6.07) is 14.5. The molecule has 1 aliphatic rings. The molecule has 0 heterocycles. The smallest absolute Gasteiger partial charge is 0.335 e. The lowest BCUT2D eigenvalue weighted by molar-refractivity contribution is -0.158. The molecule has 2 aromatic rings. The number of nitrogens with two attached hydrogens (primary N) is 1. The van der Waals surface area contributed by atoms with Crippen molar-refractivity contribution in [3.05, 3.63) is 71.6 Å². The summed E-state index contributed by atoms with van der Waals surface area (Å²) < 4.78 is 23.5. The Labute approximate surface area is 220 Å². The maximum atomic E-state index is 11.6. The van der Waals surface area contributed by atoms with Gasteiger partial charge in [0.2, 0.25) is 0 Å². The number of carboxylic acids is 1. The minimum Gasteiger partial charge on any atom is -0.492 e. The lowest BCUT2D eigenvalue weighted by Gasteiger charge is -2.30. The van der Waals surface area contributed by atoms with E-state index >= 15 is 0 Å². The highest BCUT2D eigenvalue weighted by Crippen LogP contribution is 2.25. The maximum absolute atomic E-state index is 11.6. The van der Waals surface area contributed by atoms with Gasteiger partial charge in [-0.2, -0.15) is 0 Å². The number of fused-ring (bicyclic) bond motifs is 1. The third kappa shape index (κ3) is 9.50. The summed E-state index contributed by atoms with van der Waals surface area (Å²) >= 11 is 0. The van der Waals surface area contributed by atoms with Crippen LogP contribution in [0.2, 0.25) is 0 Å². The van der Waals surface area contributed by atoms with E-state index in [1.807, 2.05) is 45.1 Å². The highest BCUT2D eigenvalue weighted by Gasteiger charge is 2.26. The average molecular weight is 512 g/mol. The standard InChI is InChI=1S/C30H41NO6/c1-4-8-21(2)17-37-29(30(32)33)20-36-27-12-7-11-26(16-27)35-19-28(31)22(3)34-18-23-13-14-24-9-5-6-10-25(24)15-23/h4-6,8-10,13-15,21,26-27,29H,7,11-12,16-20,31H2,1-3H3,(H,32,33)/b8-4-,28-22-. The molecule has 0 aliphatic heterocycles. The largest absolute Gasteiger partial charge is 0.492 e. The second kappa shape index (κ2) is 14.8. The van der Waals surface area contributed by atoms with E-state index in [-0.39, 0.29) is 31.3 Å². The maximum Gasteiger partial charge on any atom is 0.335 e. The molecule has 0 spiro atoms. The molecular formula is C30H41NO6. The molecular weight excluding hydrogens is 470 g/mol. The SMILES string of the molecule is C/C=C\C(C)COC(COC1CCCC(OC/C(N)=C(\C)OCc2ccc3ccccc3c2)C1)C(=O)O. The Morgan fingerprint density at radius 2 is 1.84 bits per heavy atom. The van der Waals surface area contributed by atoms with Crippen LogP contribution in [-0.4, -0.2) is 49.2 Å².